The topological polar surface area (TPSA) is 104 Å². The molecule has 2 aromatic heterocycles. The van der Waals surface area contributed by atoms with Crippen molar-refractivity contribution in [3.05, 3.63) is 63.3 Å². The number of Topliss-reactive ketones (excluding diaryl/α,β-unsaturated/α-hetero) is 1. The van der Waals surface area contributed by atoms with Crippen molar-refractivity contribution >= 4 is 34.7 Å². The quantitative estimate of drug-likeness (QED) is 0.432. The number of anilines is 1. The number of benzene rings is 1. The molecule has 0 saturated carbocycles. The van der Waals surface area contributed by atoms with Crippen molar-refractivity contribution in [2.75, 3.05) is 11.5 Å². The first kappa shape index (κ1) is 21.4. The van der Waals surface area contributed by atoms with Crippen molar-refractivity contribution in [1.29, 1.82) is 10.5 Å². The van der Waals surface area contributed by atoms with Crippen LogP contribution in [-0.2, 0) is 6.18 Å². The number of nitriles is 2. The molecule has 3 rings (SSSR count). The second kappa shape index (κ2) is 8.57. The number of ketones is 1. The third-order valence-corrected chi connectivity index (χ3v) is 5.76. The zero-order valence-corrected chi connectivity index (χ0v) is 16.7. The van der Waals surface area contributed by atoms with Gasteiger partial charge in [0.1, 0.15) is 28.5 Å². The molecule has 0 atom stereocenters. The Hall–Kier alpha value is -3.34. The lowest BCUT2D eigenvalue weighted by molar-refractivity contribution is -0.137. The third kappa shape index (κ3) is 4.30. The monoisotopic (exact) mass is 444 g/mol. The molecule has 10 heteroatoms. The number of nitrogens with two attached hydrogens (primary N) is 1. The minimum absolute atomic E-state index is 0.0674. The lowest BCUT2D eigenvalue weighted by Crippen LogP contribution is -2.08. The minimum atomic E-state index is -4.49. The molecule has 0 spiro atoms. The Balaban J connectivity index is 1.90. The average molecular weight is 444 g/mol. The highest BCUT2D eigenvalue weighted by atomic mass is 32.2. The van der Waals surface area contributed by atoms with E-state index in [0.717, 1.165) is 36.0 Å². The van der Waals surface area contributed by atoms with Crippen LogP contribution in [0.2, 0.25) is 0 Å². The molecule has 30 heavy (non-hydrogen) atoms. The Labute approximate surface area is 177 Å². The van der Waals surface area contributed by atoms with Crippen LogP contribution in [-0.4, -0.2) is 16.5 Å². The lowest BCUT2D eigenvalue weighted by atomic mass is 9.99. The standard InChI is InChI=1S/C20H11F3N4OS2/c21-20(22,23)13-3-1-11(2-4-13)16(28)10-30-19-15(8-25)17(12-5-6-29-9-12)14(7-24)18(26)27-19/h1-6,9H,10H2,(H2,26,27). The smallest absolute Gasteiger partial charge is 0.383 e. The van der Waals surface area contributed by atoms with E-state index in [4.69, 9.17) is 5.73 Å². The van der Waals surface area contributed by atoms with Gasteiger partial charge < -0.3 is 5.73 Å². The predicted octanol–water partition coefficient (Wildman–Crippen LogP) is 5.13. The van der Waals surface area contributed by atoms with Crippen LogP contribution < -0.4 is 5.73 Å². The van der Waals surface area contributed by atoms with Crippen molar-refractivity contribution in [1.82, 2.24) is 4.98 Å². The molecule has 0 unspecified atom stereocenters. The number of nitrogens with zero attached hydrogens (tertiary/aromatic N) is 3. The molecule has 0 amide bonds. The molecule has 0 aliphatic heterocycles. The average Bonchev–Trinajstić information content (AvgIpc) is 3.25. The largest absolute Gasteiger partial charge is 0.416 e. The summed E-state index contributed by atoms with van der Waals surface area (Å²) in [5.41, 5.74) is 6.32. The van der Waals surface area contributed by atoms with E-state index in [1.807, 2.05) is 12.1 Å². The second-order valence-electron chi connectivity index (χ2n) is 5.95. The molecule has 1 aromatic carbocycles. The van der Waals surface area contributed by atoms with Gasteiger partial charge in [-0.1, -0.05) is 23.9 Å². The molecule has 0 radical (unpaired) electrons. The molecule has 5 nitrogen and oxygen atoms in total. The number of thiophene rings is 1. The first-order valence-electron chi connectivity index (χ1n) is 8.25. The maximum absolute atomic E-state index is 12.7. The van der Waals surface area contributed by atoms with Gasteiger partial charge in [-0.05, 0) is 34.5 Å². The van der Waals surface area contributed by atoms with Crippen LogP contribution in [0.4, 0.5) is 19.0 Å². The Bertz CT molecular complexity index is 1180. The van der Waals surface area contributed by atoms with Gasteiger partial charge in [0.05, 0.1) is 16.9 Å². The lowest BCUT2D eigenvalue weighted by Gasteiger charge is -2.12. The number of hydrogen-bond donors (Lipinski definition) is 1. The van der Waals surface area contributed by atoms with Gasteiger partial charge in [-0.15, -0.1) is 0 Å². The third-order valence-electron chi connectivity index (χ3n) is 4.10. The van der Waals surface area contributed by atoms with Gasteiger partial charge in [0.15, 0.2) is 5.78 Å². The molecule has 0 saturated heterocycles. The van der Waals surface area contributed by atoms with Crippen molar-refractivity contribution in [3.63, 3.8) is 0 Å². The molecule has 150 valence electrons. The SMILES string of the molecule is N#Cc1c(N)nc(SCC(=O)c2ccc(C(F)(F)F)cc2)c(C#N)c1-c1ccsc1. The van der Waals surface area contributed by atoms with E-state index in [-0.39, 0.29) is 33.3 Å². The number of alkyl halides is 3. The summed E-state index contributed by atoms with van der Waals surface area (Å²) >= 11 is 2.32. The molecule has 0 fully saturated rings. The Morgan fingerprint density at radius 2 is 1.80 bits per heavy atom. The Kier molecular flexibility index (Phi) is 6.11. The highest BCUT2D eigenvalue weighted by molar-refractivity contribution is 8.00. The normalized spacial score (nSPS) is 11.0. The molecule has 0 aliphatic rings. The summed E-state index contributed by atoms with van der Waals surface area (Å²) < 4.78 is 38.0. The van der Waals surface area contributed by atoms with E-state index in [1.54, 1.807) is 16.8 Å². The predicted molar refractivity (Wildman–Crippen MR) is 108 cm³/mol. The summed E-state index contributed by atoms with van der Waals surface area (Å²) in [6.07, 6.45) is -4.49. The van der Waals surface area contributed by atoms with Gasteiger partial charge in [0.25, 0.3) is 0 Å². The fourth-order valence-electron chi connectivity index (χ4n) is 2.66. The van der Waals surface area contributed by atoms with Gasteiger partial charge in [-0.25, -0.2) is 4.98 Å². The van der Waals surface area contributed by atoms with E-state index in [0.29, 0.717) is 11.1 Å². The highest BCUT2D eigenvalue weighted by Crippen LogP contribution is 2.36. The fourth-order valence-corrected chi connectivity index (χ4v) is 4.20. The number of thioether (sulfide) groups is 1. The van der Waals surface area contributed by atoms with Crippen molar-refractivity contribution in [2.45, 2.75) is 11.2 Å². The van der Waals surface area contributed by atoms with Crippen LogP contribution in [0.3, 0.4) is 0 Å². The van der Waals surface area contributed by atoms with E-state index in [2.05, 4.69) is 4.98 Å². The number of rotatable bonds is 5. The first-order chi connectivity index (χ1) is 14.3. The Morgan fingerprint density at radius 3 is 2.33 bits per heavy atom. The number of aromatic nitrogens is 1. The van der Waals surface area contributed by atoms with E-state index in [1.165, 1.54) is 11.3 Å². The summed E-state index contributed by atoms with van der Waals surface area (Å²) in [5.74, 6) is -0.664. The fraction of sp³-hybridized carbons (Fsp3) is 0.100. The summed E-state index contributed by atoms with van der Waals surface area (Å²) in [4.78, 5) is 16.5. The van der Waals surface area contributed by atoms with Crippen LogP contribution >= 0.6 is 23.1 Å². The van der Waals surface area contributed by atoms with Crippen molar-refractivity contribution in [2.24, 2.45) is 0 Å². The van der Waals surface area contributed by atoms with Crippen LogP contribution in [0.5, 0.6) is 0 Å². The second-order valence-corrected chi connectivity index (χ2v) is 7.69. The van der Waals surface area contributed by atoms with Gasteiger partial charge in [-0.2, -0.15) is 35.0 Å². The molecule has 0 aliphatic carbocycles. The van der Waals surface area contributed by atoms with Gasteiger partial charge in [0.2, 0.25) is 0 Å². The number of carbonyl (C=O) groups excluding carboxylic acids is 1. The van der Waals surface area contributed by atoms with Gasteiger partial charge in [-0.3, -0.25) is 4.79 Å². The van der Waals surface area contributed by atoms with Crippen molar-refractivity contribution < 1.29 is 18.0 Å². The maximum Gasteiger partial charge on any atom is 0.416 e. The zero-order chi connectivity index (χ0) is 21.9. The first-order valence-corrected chi connectivity index (χ1v) is 10.2. The van der Waals surface area contributed by atoms with Gasteiger partial charge in [0, 0.05) is 11.1 Å². The summed E-state index contributed by atoms with van der Waals surface area (Å²) in [5, 5.41) is 22.8. The molecular formula is C20H11F3N4OS2. The number of carbonyl (C=O) groups is 1. The van der Waals surface area contributed by atoms with Gasteiger partial charge >= 0.3 is 6.18 Å². The van der Waals surface area contributed by atoms with E-state index >= 15 is 0 Å². The molecule has 2 N–H and O–H groups in total. The molecule has 0 bridgehead atoms. The molecule has 2 heterocycles. The van der Waals surface area contributed by atoms with Crippen LogP contribution in [0.25, 0.3) is 11.1 Å². The Morgan fingerprint density at radius 1 is 1.13 bits per heavy atom. The number of halogens is 3. The number of hydrogen-bond acceptors (Lipinski definition) is 7. The summed E-state index contributed by atoms with van der Waals surface area (Å²) in [6, 6.07) is 9.61. The number of nitrogen functional groups attached to an aromatic ring is 1. The zero-order valence-electron chi connectivity index (χ0n) is 15.0. The van der Waals surface area contributed by atoms with Crippen LogP contribution in [0, 0.1) is 22.7 Å². The highest BCUT2D eigenvalue weighted by Gasteiger charge is 2.30. The van der Waals surface area contributed by atoms with Crippen LogP contribution in [0.1, 0.15) is 27.0 Å². The minimum Gasteiger partial charge on any atom is -0.383 e. The molecule has 3 aromatic rings. The maximum atomic E-state index is 12.7. The van der Waals surface area contributed by atoms with Crippen LogP contribution in [0.15, 0.2) is 46.1 Å². The molecular weight excluding hydrogens is 433 g/mol. The van der Waals surface area contributed by atoms with E-state index in [9.17, 15) is 28.5 Å². The number of pyridine rings is 1. The van der Waals surface area contributed by atoms with Crippen molar-refractivity contribution in [3.8, 4) is 23.3 Å². The van der Waals surface area contributed by atoms with E-state index < -0.39 is 17.5 Å². The summed E-state index contributed by atoms with van der Waals surface area (Å²) in [7, 11) is 0. The summed E-state index contributed by atoms with van der Waals surface area (Å²) in [6.45, 7) is 0.